The molecule has 0 amide bonds. The zero-order valence-corrected chi connectivity index (χ0v) is 9.51. The average molecular weight is 242 g/mol. The van der Waals surface area contributed by atoms with Crippen molar-refractivity contribution in [2.45, 2.75) is 19.4 Å². The van der Waals surface area contributed by atoms with E-state index in [1.165, 1.54) is 0 Å². The molecule has 1 aliphatic heterocycles. The number of carbonyl (C=O) groups excluding carboxylic acids is 3. The lowest BCUT2D eigenvalue weighted by molar-refractivity contribution is -0.162. The molecule has 2 unspecified atom stereocenters. The smallest absolute Gasteiger partial charge is 0.348 e. The molecule has 17 heavy (non-hydrogen) atoms. The molecule has 1 rings (SSSR count). The molecule has 0 bridgehead atoms. The van der Waals surface area contributed by atoms with Gasteiger partial charge in [0.15, 0.2) is 0 Å². The molecule has 0 aromatic heterocycles. The number of rotatable bonds is 5. The highest BCUT2D eigenvalue weighted by Crippen LogP contribution is 2.20. The van der Waals surface area contributed by atoms with Crippen LogP contribution in [0.1, 0.15) is 13.3 Å². The quantitative estimate of drug-likeness (QED) is 0.389. The van der Waals surface area contributed by atoms with E-state index in [1.807, 2.05) is 6.92 Å². The van der Waals surface area contributed by atoms with Gasteiger partial charge in [-0.1, -0.05) is 13.5 Å². The van der Waals surface area contributed by atoms with Crippen molar-refractivity contribution in [2.24, 2.45) is 5.92 Å². The number of esters is 3. The van der Waals surface area contributed by atoms with Gasteiger partial charge in [-0.3, -0.25) is 4.79 Å². The lowest BCUT2D eigenvalue weighted by Gasteiger charge is -2.13. The second-order valence-electron chi connectivity index (χ2n) is 3.47. The van der Waals surface area contributed by atoms with Crippen LogP contribution in [0.15, 0.2) is 12.7 Å². The maximum atomic E-state index is 11.6. The van der Waals surface area contributed by atoms with Crippen LogP contribution >= 0.6 is 0 Å². The first-order chi connectivity index (χ1) is 8.10. The summed E-state index contributed by atoms with van der Waals surface area (Å²) in [4.78, 5) is 33.8. The first-order valence-corrected chi connectivity index (χ1v) is 5.26. The first kappa shape index (κ1) is 13.2. The molecule has 1 fully saturated rings. The van der Waals surface area contributed by atoms with Crippen LogP contribution in [0.2, 0.25) is 0 Å². The standard InChI is InChI=1S/C11H14O6/c1-3-5-15-10(13)7-6-16-11(14)9(7)17-8(12)4-2/h4,7,9H,2-3,5-6H2,1H3. The molecule has 0 saturated carbocycles. The van der Waals surface area contributed by atoms with Gasteiger partial charge >= 0.3 is 17.9 Å². The zero-order chi connectivity index (χ0) is 12.8. The van der Waals surface area contributed by atoms with Gasteiger partial charge in [0.25, 0.3) is 0 Å². The predicted molar refractivity (Wildman–Crippen MR) is 55.8 cm³/mol. The van der Waals surface area contributed by atoms with Gasteiger partial charge in [0, 0.05) is 6.08 Å². The lowest BCUT2D eigenvalue weighted by Crippen LogP contribution is -2.34. The fourth-order valence-electron chi connectivity index (χ4n) is 1.31. The van der Waals surface area contributed by atoms with Gasteiger partial charge in [-0.25, -0.2) is 9.59 Å². The fourth-order valence-corrected chi connectivity index (χ4v) is 1.31. The zero-order valence-electron chi connectivity index (χ0n) is 9.51. The van der Waals surface area contributed by atoms with Gasteiger partial charge in [-0.15, -0.1) is 0 Å². The van der Waals surface area contributed by atoms with Crippen LogP contribution in [0.5, 0.6) is 0 Å². The van der Waals surface area contributed by atoms with E-state index in [9.17, 15) is 14.4 Å². The van der Waals surface area contributed by atoms with E-state index in [0.717, 1.165) is 6.08 Å². The Morgan fingerprint density at radius 3 is 2.88 bits per heavy atom. The predicted octanol–water partition coefficient (Wildman–Crippen LogP) is 0.210. The number of hydrogen-bond donors (Lipinski definition) is 0. The molecule has 0 aliphatic carbocycles. The molecule has 0 N–H and O–H groups in total. The molecule has 2 atom stereocenters. The summed E-state index contributed by atoms with van der Waals surface area (Å²) in [5.41, 5.74) is 0. The summed E-state index contributed by atoms with van der Waals surface area (Å²) in [7, 11) is 0. The minimum atomic E-state index is -1.23. The minimum absolute atomic E-state index is 0.129. The summed E-state index contributed by atoms with van der Waals surface area (Å²) in [5.74, 6) is -3.00. The van der Waals surface area contributed by atoms with Crippen LogP contribution in [0.3, 0.4) is 0 Å². The van der Waals surface area contributed by atoms with Crippen molar-refractivity contribution in [1.82, 2.24) is 0 Å². The Morgan fingerprint density at radius 2 is 2.29 bits per heavy atom. The largest absolute Gasteiger partial charge is 0.465 e. The summed E-state index contributed by atoms with van der Waals surface area (Å²) in [6.45, 7) is 5.18. The molecule has 0 aromatic carbocycles. The molecular weight excluding hydrogens is 228 g/mol. The normalized spacial score (nSPS) is 22.8. The van der Waals surface area contributed by atoms with Crippen molar-refractivity contribution < 1.29 is 28.6 Å². The van der Waals surface area contributed by atoms with Crippen LogP contribution in [-0.2, 0) is 28.6 Å². The summed E-state index contributed by atoms with van der Waals surface area (Å²) >= 11 is 0. The van der Waals surface area contributed by atoms with Crippen LogP contribution < -0.4 is 0 Å². The van der Waals surface area contributed by atoms with Gasteiger partial charge in [-0.2, -0.15) is 0 Å². The number of carbonyl (C=O) groups is 3. The van der Waals surface area contributed by atoms with Crippen molar-refractivity contribution in [3.8, 4) is 0 Å². The second kappa shape index (κ2) is 6.03. The van der Waals surface area contributed by atoms with E-state index in [0.29, 0.717) is 6.42 Å². The van der Waals surface area contributed by atoms with Crippen molar-refractivity contribution in [1.29, 1.82) is 0 Å². The Kier molecular flexibility index (Phi) is 4.68. The van der Waals surface area contributed by atoms with Crippen LogP contribution in [0.4, 0.5) is 0 Å². The van der Waals surface area contributed by atoms with Gasteiger partial charge < -0.3 is 14.2 Å². The summed E-state index contributed by atoms with van der Waals surface area (Å²) in [6.07, 6.45) is 0.356. The van der Waals surface area contributed by atoms with E-state index in [2.05, 4.69) is 11.3 Å². The molecule has 0 radical (unpaired) electrons. The van der Waals surface area contributed by atoms with Crippen LogP contribution in [0.25, 0.3) is 0 Å². The van der Waals surface area contributed by atoms with Crippen molar-refractivity contribution in [3.63, 3.8) is 0 Å². The molecule has 6 nitrogen and oxygen atoms in total. The van der Waals surface area contributed by atoms with E-state index in [-0.39, 0.29) is 13.2 Å². The number of cyclic esters (lactones) is 1. The SMILES string of the molecule is C=CC(=O)OC1C(=O)OCC1C(=O)OCCC. The highest BCUT2D eigenvalue weighted by atomic mass is 16.6. The third-order valence-electron chi connectivity index (χ3n) is 2.16. The highest BCUT2D eigenvalue weighted by molar-refractivity contribution is 5.90. The first-order valence-electron chi connectivity index (χ1n) is 5.26. The van der Waals surface area contributed by atoms with Gasteiger partial charge in [0.1, 0.15) is 12.5 Å². The van der Waals surface area contributed by atoms with E-state index in [4.69, 9.17) is 9.47 Å². The second-order valence-corrected chi connectivity index (χ2v) is 3.47. The molecule has 6 heteroatoms. The van der Waals surface area contributed by atoms with Gasteiger partial charge in [0.05, 0.1) is 6.61 Å². The Hall–Kier alpha value is -1.85. The Balaban J connectivity index is 2.63. The third-order valence-corrected chi connectivity index (χ3v) is 2.16. The van der Waals surface area contributed by atoms with E-state index in [1.54, 1.807) is 0 Å². The van der Waals surface area contributed by atoms with Crippen molar-refractivity contribution in [2.75, 3.05) is 13.2 Å². The summed E-state index contributed by atoms with van der Waals surface area (Å²) < 4.78 is 14.3. The number of hydrogen-bond acceptors (Lipinski definition) is 6. The highest BCUT2D eigenvalue weighted by Gasteiger charge is 2.45. The van der Waals surface area contributed by atoms with Crippen molar-refractivity contribution in [3.05, 3.63) is 12.7 Å². The maximum Gasteiger partial charge on any atom is 0.348 e. The average Bonchev–Trinajstić information content (AvgIpc) is 2.68. The molecular formula is C11H14O6. The van der Waals surface area contributed by atoms with Gasteiger partial charge in [0.2, 0.25) is 6.10 Å². The maximum absolute atomic E-state index is 11.6. The summed E-state index contributed by atoms with van der Waals surface area (Å²) in [5, 5.41) is 0. The molecule has 0 aromatic rings. The Bertz CT molecular complexity index is 335. The fraction of sp³-hybridized carbons (Fsp3) is 0.545. The molecule has 1 aliphatic rings. The van der Waals surface area contributed by atoms with Gasteiger partial charge in [-0.05, 0) is 6.42 Å². The molecule has 1 saturated heterocycles. The van der Waals surface area contributed by atoms with Crippen LogP contribution in [-0.4, -0.2) is 37.2 Å². The molecule has 94 valence electrons. The van der Waals surface area contributed by atoms with E-state index < -0.39 is 29.9 Å². The third kappa shape index (κ3) is 3.30. The van der Waals surface area contributed by atoms with Crippen LogP contribution in [0, 0.1) is 5.92 Å². The monoisotopic (exact) mass is 242 g/mol. The summed E-state index contributed by atoms with van der Waals surface area (Å²) in [6, 6.07) is 0. The molecule has 1 heterocycles. The molecule has 0 spiro atoms. The topological polar surface area (TPSA) is 78.9 Å². The lowest BCUT2D eigenvalue weighted by atomic mass is 10.1. The van der Waals surface area contributed by atoms with E-state index >= 15 is 0 Å². The Morgan fingerprint density at radius 1 is 1.59 bits per heavy atom. The Labute approximate surface area is 98.5 Å². The minimum Gasteiger partial charge on any atom is -0.465 e. The van der Waals surface area contributed by atoms with Crippen molar-refractivity contribution >= 4 is 17.9 Å². The number of ether oxygens (including phenoxy) is 3.